The highest BCUT2D eigenvalue weighted by atomic mass is 32.2. The molecule has 0 aliphatic carbocycles. The van der Waals surface area contributed by atoms with E-state index in [1.807, 2.05) is 13.0 Å². The molecule has 0 fully saturated rings. The van der Waals surface area contributed by atoms with Gasteiger partial charge in [-0.05, 0) is 19.3 Å². The first-order chi connectivity index (χ1) is 5.38. The van der Waals surface area contributed by atoms with Gasteiger partial charge in [0.1, 0.15) is 0 Å². The second kappa shape index (κ2) is 4.73. The molecule has 12 heavy (non-hydrogen) atoms. The molecule has 0 aromatic heterocycles. The van der Waals surface area contributed by atoms with Crippen LogP contribution in [0.1, 0.15) is 34.6 Å². The molecule has 70 valence electrons. The highest BCUT2D eigenvalue weighted by Gasteiger charge is 2.10. The summed E-state index contributed by atoms with van der Waals surface area (Å²) in [5.41, 5.74) is 1.53. The smallest absolute Gasteiger partial charge is 0.0196 e. The van der Waals surface area contributed by atoms with Gasteiger partial charge in [-0.1, -0.05) is 38.5 Å². The molecule has 0 unspecified atom stereocenters. The zero-order valence-electron chi connectivity index (χ0n) is 8.51. The van der Waals surface area contributed by atoms with Crippen LogP contribution in [0.4, 0.5) is 0 Å². The Balaban J connectivity index is 4.39. The summed E-state index contributed by atoms with van der Waals surface area (Å²) in [4.78, 5) is 0.915. The van der Waals surface area contributed by atoms with E-state index in [4.69, 9.17) is 4.55 Å². The van der Waals surface area contributed by atoms with E-state index in [1.165, 1.54) is 5.57 Å². The quantitative estimate of drug-likeness (QED) is 0.518. The van der Waals surface area contributed by atoms with Crippen molar-refractivity contribution >= 4 is 12.0 Å². The Kier molecular flexibility index (Phi) is 4.64. The Hall–Kier alpha value is -0.210. The number of hydrogen-bond donors (Lipinski definition) is 1. The van der Waals surface area contributed by atoms with Crippen LogP contribution in [-0.2, 0) is 0 Å². The first-order valence-corrected chi connectivity index (χ1v) is 4.82. The summed E-state index contributed by atoms with van der Waals surface area (Å²) < 4.78 is 8.67. The van der Waals surface area contributed by atoms with Crippen molar-refractivity contribution in [3.8, 4) is 0 Å². The molecule has 0 bridgehead atoms. The molecule has 0 rings (SSSR count). The first-order valence-electron chi connectivity index (χ1n) is 4.05. The van der Waals surface area contributed by atoms with Crippen LogP contribution in [0.3, 0.4) is 0 Å². The maximum Gasteiger partial charge on any atom is 0.0196 e. The predicted molar refractivity (Wildman–Crippen MR) is 57.2 cm³/mol. The maximum atomic E-state index is 8.67. The fourth-order valence-corrected chi connectivity index (χ4v) is 0.652. The molecule has 0 atom stereocenters. The van der Waals surface area contributed by atoms with E-state index in [-0.39, 0.29) is 5.41 Å². The minimum absolute atomic E-state index is 0.219. The number of rotatable bonds is 2. The third-order valence-electron chi connectivity index (χ3n) is 1.90. The van der Waals surface area contributed by atoms with Crippen LogP contribution in [0.5, 0.6) is 0 Å². The van der Waals surface area contributed by atoms with E-state index in [0.717, 1.165) is 16.9 Å². The van der Waals surface area contributed by atoms with E-state index in [9.17, 15) is 0 Å². The fourth-order valence-electron chi connectivity index (χ4n) is 0.523. The predicted octanol–water partition coefficient (Wildman–Crippen LogP) is 4.09. The molecular weight excluding hydrogens is 168 g/mol. The molecule has 1 nitrogen and oxygen atoms in total. The van der Waals surface area contributed by atoms with Gasteiger partial charge < -0.3 is 4.55 Å². The monoisotopic (exact) mass is 186 g/mol. The molecule has 0 saturated carbocycles. The Morgan fingerprint density at radius 2 is 1.67 bits per heavy atom. The summed E-state index contributed by atoms with van der Waals surface area (Å²) in [7, 11) is 0. The Labute approximate surface area is 79.8 Å². The van der Waals surface area contributed by atoms with Gasteiger partial charge in [-0.15, -0.1) is 0 Å². The minimum atomic E-state index is 0.219. The third kappa shape index (κ3) is 4.62. The van der Waals surface area contributed by atoms with Crippen molar-refractivity contribution in [2.24, 2.45) is 5.41 Å². The van der Waals surface area contributed by atoms with Crippen LogP contribution in [0.25, 0.3) is 0 Å². The van der Waals surface area contributed by atoms with Gasteiger partial charge in [-0.25, -0.2) is 0 Å². The molecule has 0 aromatic rings. The van der Waals surface area contributed by atoms with Crippen molar-refractivity contribution in [3.05, 3.63) is 22.6 Å². The molecule has 0 aliphatic rings. The molecule has 0 aliphatic heterocycles. The van der Waals surface area contributed by atoms with Crippen molar-refractivity contribution in [2.75, 3.05) is 0 Å². The number of allylic oxidation sites excluding steroid dienone is 4. The lowest BCUT2D eigenvalue weighted by molar-refractivity contribution is 0.504. The molecular formula is C10H18OS. The van der Waals surface area contributed by atoms with E-state index in [1.54, 1.807) is 0 Å². The van der Waals surface area contributed by atoms with Gasteiger partial charge in [0.25, 0.3) is 0 Å². The highest BCUT2D eigenvalue weighted by molar-refractivity contribution is 7.97. The molecule has 0 radical (unpaired) electrons. The normalized spacial score (nSPS) is 15.2. The van der Waals surface area contributed by atoms with E-state index < -0.39 is 0 Å². The standard InChI is InChI=1S/C10H18OS/c1-8(10(3,4)5)6-7-9(2)12-11/h6-7,11H,1-5H3/b8-6+,9-7+. The SMILES string of the molecule is C/C(=C\C=C(/C)C(C)(C)C)SO. The second-order valence-corrected chi connectivity index (χ2v) is 4.79. The molecule has 0 aromatic carbocycles. The second-order valence-electron chi connectivity index (χ2n) is 3.97. The van der Waals surface area contributed by atoms with Crippen LogP contribution >= 0.6 is 12.0 Å². The van der Waals surface area contributed by atoms with Gasteiger partial charge in [0.2, 0.25) is 0 Å². The average molecular weight is 186 g/mol. The number of hydrogen-bond acceptors (Lipinski definition) is 2. The van der Waals surface area contributed by atoms with Crippen molar-refractivity contribution < 1.29 is 4.55 Å². The summed E-state index contributed by atoms with van der Waals surface area (Å²) in [6, 6.07) is 0. The maximum absolute atomic E-state index is 8.67. The first kappa shape index (κ1) is 11.8. The van der Waals surface area contributed by atoms with Crippen molar-refractivity contribution in [2.45, 2.75) is 34.6 Å². The zero-order chi connectivity index (χ0) is 9.78. The molecule has 0 saturated heterocycles. The lowest BCUT2D eigenvalue weighted by atomic mass is 9.87. The van der Waals surface area contributed by atoms with Crippen LogP contribution in [0.15, 0.2) is 22.6 Å². The summed E-state index contributed by atoms with van der Waals surface area (Å²) >= 11 is 0.794. The molecule has 1 N–H and O–H groups in total. The lowest BCUT2D eigenvalue weighted by Crippen LogP contribution is -2.05. The topological polar surface area (TPSA) is 20.2 Å². The Morgan fingerprint density at radius 1 is 1.17 bits per heavy atom. The van der Waals surface area contributed by atoms with E-state index in [2.05, 4.69) is 33.8 Å². The van der Waals surface area contributed by atoms with Crippen LogP contribution in [0, 0.1) is 5.41 Å². The van der Waals surface area contributed by atoms with Crippen LogP contribution in [-0.4, -0.2) is 4.55 Å². The van der Waals surface area contributed by atoms with Gasteiger partial charge in [-0.2, -0.15) is 0 Å². The summed E-state index contributed by atoms with van der Waals surface area (Å²) in [6.07, 6.45) is 3.99. The van der Waals surface area contributed by atoms with Crippen molar-refractivity contribution in [1.29, 1.82) is 0 Å². The lowest BCUT2D eigenvalue weighted by Gasteiger charge is -2.18. The Bertz CT molecular complexity index is 196. The van der Waals surface area contributed by atoms with E-state index in [0.29, 0.717) is 0 Å². The summed E-state index contributed by atoms with van der Waals surface area (Å²) in [6.45, 7) is 10.5. The average Bonchev–Trinajstić information content (AvgIpc) is 1.97. The molecule has 2 heteroatoms. The van der Waals surface area contributed by atoms with Crippen LogP contribution in [0.2, 0.25) is 0 Å². The zero-order valence-corrected chi connectivity index (χ0v) is 9.33. The largest absolute Gasteiger partial charge is 0.326 e. The van der Waals surface area contributed by atoms with Gasteiger partial charge in [-0.3, -0.25) is 0 Å². The van der Waals surface area contributed by atoms with Crippen LogP contribution < -0.4 is 0 Å². The van der Waals surface area contributed by atoms with Gasteiger partial charge >= 0.3 is 0 Å². The van der Waals surface area contributed by atoms with Gasteiger partial charge in [0.05, 0.1) is 0 Å². The van der Waals surface area contributed by atoms with Crippen molar-refractivity contribution in [1.82, 2.24) is 0 Å². The molecule has 0 amide bonds. The minimum Gasteiger partial charge on any atom is -0.326 e. The third-order valence-corrected chi connectivity index (χ3v) is 2.32. The summed E-state index contributed by atoms with van der Waals surface area (Å²) in [5.74, 6) is 0. The van der Waals surface area contributed by atoms with Gasteiger partial charge in [0.15, 0.2) is 0 Å². The van der Waals surface area contributed by atoms with E-state index >= 15 is 0 Å². The van der Waals surface area contributed by atoms with Gasteiger partial charge in [0, 0.05) is 16.9 Å². The Morgan fingerprint density at radius 3 is 2.00 bits per heavy atom. The summed E-state index contributed by atoms with van der Waals surface area (Å²) in [5, 5.41) is 0. The van der Waals surface area contributed by atoms with Crippen molar-refractivity contribution in [3.63, 3.8) is 0 Å². The molecule has 0 spiro atoms. The fraction of sp³-hybridized carbons (Fsp3) is 0.600. The highest BCUT2D eigenvalue weighted by Crippen LogP contribution is 2.24. The molecule has 0 heterocycles.